The maximum absolute atomic E-state index is 11.5. The molecular formula is C16H20NO8-. The standard InChI is InChI=1S/C16H21NO8/c1-11(18)12(10-13(19)5-6-14(20)21)4-2-3-9-17-25-16(24)8-7-15(22)23/h5-8,12,17H,2-4,9-10H2,1H3,(H,20,21)(H,22,23)/p-1/b6-5-,8-7-/t12-/m1/s1. The van der Waals surface area contributed by atoms with Crippen molar-refractivity contribution in [3.63, 3.8) is 0 Å². The van der Waals surface area contributed by atoms with Crippen LogP contribution in [0.5, 0.6) is 0 Å². The van der Waals surface area contributed by atoms with Crippen LogP contribution in [0.1, 0.15) is 32.6 Å². The number of rotatable bonds is 13. The summed E-state index contributed by atoms with van der Waals surface area (Å²) in [5.74, 6) is -4.76. The lowest BCUT2D eigenvalue weighted by atomic mass is 9.92. The minimum atomic E-state index is -1.48. The zero-order valence-electron chi connectivity index (χ0n) is 13.7. The molecule has 0 rings (SSSR count). The van der Waals surface area contributed by atoms with Crippen LogP contribution in [0, 0.1) is 5.92 Å². The van der Waals surface area contributed by atoms with Gasteiger partial charge in [-0.2, -0.15) is 5.48 Å². The number of unbranched alkanes of at least 4 members (excludes halogenated alkanes) is 1. The predicted octanol–water partition coefficient (Wildman–Crippen LogP) is -0.684. The lowest BCUT2D eigenvalue weighted by Gasteiger charge is -2.12. The third-order valence-corrected chi connectivity index (χ3v) is 3.04. The second-order valence-electron chi connectivity index (χ2n) is 5.11. The summed E-state index contributed by atoms with van der Waals surface area (Å²) in [7, 11) is 0. The largest absolute Gasteiger partial charge is 0.545 e. The van der Waals surface area contributed by atoms with E-state index in [9.17, 15) is 29.1 Å². The van der Waals surface area contributed by atoms with Gasteiger partial charge in [-0.15, -0.1) is 0 Å². The molecule has 0 aromatic heterocycles. The first-order chi connectivity index (χ1) is 11.7. The van der Waals surface area contributed by atoms with Gasteiger partial charge >= 0.3 is 11.9 Å². The lowest BCUT2D eigenvalue weighted by molar-refractivity contribution is -0.297. The monoisotopic (exact) mass is 354 g/mol. The minimum Gasteiger partial charge on any atom is -0.545 e. The first-order valence-electron chi connectivity index (χ1n) is 7.49. The van der Waals surface area contributed by atoms with Crippen molar-refractivity contribution in [3.05, 3.63) is 24.3 Å². The Morgan fingerprint density at radius 2 is 1.76 bits per heavy atom. The summed E-state index contributed by atoms with van der Waals surface area (Å²) in [6.45, 7) is 1.64. The van der Waals surface area contributed by atoms with Crippen LogP contribution in [0.25, 0.3) is 0 Å². The van der Waals surface area contributed by atoms with Crippen molar-refractivity contribution in [2.24, 2.45) is 5.92 Å². The molecule has 0 saturated carbocycles. The van der Waals surface area contributed by atoms with Gasteiger partial charge in [0, 0.05) is 31.0 Å². The SMILES string of the molecule is CC(=O)[C@H](CCCCNOC(=O)/C=C\C(=O)O)CC(=O)/C=C\C(=O)[O-]. The maximum atomic E-state index is 11.5. The number of allylic oxidation sites excluding steroid dienone is 1. The summed E-state index contributed by atoms with van der Waals surface area (Å²) >= 11 is 0. The number of nitrogens with one attached hydrogen (secondary N) is 1. The Morgan fingerprint density at radius 3 is 2.32 bits per heavy atom. The number of hydrogen-bond acceptors (Lipinski definition) is 8. The van der Waals surface area contributed by atoms with E-state index >= 15 is 0 Å². The van der Waals surface area contributed by atoms with Crippen LogP contribution in [-0.4, -0.2) is 41.1 Å². The highest BCUT2D eigenvalue weighted by Gasteiger charge is 2.16. The molecule has 0 bridgehead atoms. The number of ketones is 2. The minimum absolute atomic E-state index is 0.0818. The summed E-state index contributed by atoms with van der Waals surface area (Å²) in [6, 6.07) is 0. The van der Waals surface area contributed by atoms with Crippen molar-refractivity contribution in [1.82, 2.24) is 5.48 Å². The molecule has 0 spiro atoms. The van der Waals surface area contributed by atoms with Crippen LogP contribution in [0.15, 0.2) is 24.3 Å². The highest BCUT2D eigenvalue weighted by molar-refractivity contribution is 5.97. The number of hydroxylamine groups is 1. The van der Waals surface area contributed by atoms with Crippen molar-refractivity contribution >= 4 is 29.5 Å². The molecular weight excluding hydrogens is 334 g/mol. The van der Waals surface area contributed by atoms with Gasteiger partial charge in [0.2, 0.25) is 0 Å². The summed E-state index contributed by atoms with van der Waals surface area (Å²) in [5, 5.41) is 18.5. The number of carboxylic acids is 2. The highest BCUT2D eigenvalue weighted by atomic mass is 16.7. The Kier molecular flexibility index (Phi) is 11.2. The fraction of sp³-hybridized carbons (Fsp3) is 0.438. The normalized spacial score (nSPS) is 12.2. The first kappa shape index (κ1) is 22.2. The zero-order valence-corrected chi connectivity index (χ0v) is 13.7. The van der Waals surface area contributed by atoms with Crippen LogP contribution in [0.2, 0.25) is 0 Å². The van der Waals surface area contributed by atoms with Crippen molar-refractivity contribution in [3.8, 4) is 0 Å². The maximum Gasteiger partial charge on any atom is 0.349 e. The Balaban J connectivity index is 4.03. The molecule has 9 nitrogen and oxygen atoms in total. The van der Waals surface area contributed by atoms with E-state index in [0.717, 1.165) is 12.2 Å². The van der Waals surface area contributed by atoms with Crippen LogP contribution in [-0.2, 0) is 28.8 Å². The molecule has 2 N–H and O–H groups in total. The molecule has 0 saturated heterocycles. The van der Waals surface area contributed by atoms with Gasteiger partial charge in [-0.25, -0.2) is 9.59 Å². The van der Waals surface area contributed by atoms with E-state index in [1.807, 2.05) is 0 Å². The molecule has 25 heavy (non-hydrogen) atoms. The number of carboxylic acid groups (broad SMARTS) is 2. The zero-order chi connectivity index (χ0) is 19.2. The van der Waals surface area contributed by atoms with Gasteiger partial charge in [-0.05, 0) is 31.9 Å². The van der Waals surface area contributed by atoms with E-state index in [0.29, 0.717) is 31.4 Å². The average molecular weight is 354 g/mol. The van der Waals surface area contributed by atoms with Gasteiger partial charge in [-0.1, -0.05) is 6.42 Å². The van der Waals surface area contributed by atoms with Crippen LogP contribution >= 0.6 is 0 Å². The first-order valence-corrected chi connectivity index (χ1v) is 7.49. The van der Waals surface area contributed by atoms with E-state index in [2.05, 4.69) is 10.3 Å². The number of hydrogen-bond donors (Lipinski definition) is 2. The summed E-state index contributed by atoms with van der Waals surface area (Å²) in [6.07, 6.45) is 4.35. The average Bonchev–Trinajstić information content (AvgIpc) is 2.52. The molecule has 0 amide bonds. The predicted molar refractivity (Wildman–Crippen MR) is 82.7 cm³/mol. The Hall–Kier alpha value is -2.81. The molecule has 0 aromatic rings. The molecule has 0 aliphatic carbocycles. The van der Waals surface area contributed by atoms with E-state index in [1.54, 1.807) is 0 Å². The van der Waals surface area contributed by atoms with E-state index < -0.39 is 29.6 Å². The van der Waals surface area contributed by atoms with Crippen LogP contribution in [0.3, 0.4) is 0 Å². The Labute approximate surface area is 144 Å². The number of aliphatic carboxylic acids is 2. The molecule has 9 heteroatoms. The number of carbonyl (C=O) groups is 5. The van der Waals surface area contributed by atoms with Gasteiger partial charge in [0.1, 0.15) is 5.78 Å². The molecule has 0 aromatic carbocycles. The smallest absolute Gasteiger partial charge is 0.349 e. The van der Waals surface area contributed by atoms with Crippen LogP contribution in [0.4, 0.5) is 0 Å². The van der Waals surface area contributed by atoms with E-state index in [4.69, 9.17) is 5.11 Å². The van der Waals surface area contributed by atoms with Gasteiger partial charge in [0.05, 0.1) is 5.97 Å². The molecule has 138 valence electrons. The lowest BCUT2D eigenvalue weighted by Crippen LogP contribution is -2.21. The molecule has 0 radical (unpaired) electrons. The topological polar surface area (TPSA) is 150 Å². The summed E-state index contributed by atoms with van der Waals surface area (Å²) < 4.78 is 0. The fourth-order valence-electron chi connectivity index (χ4n) is 1.80. The van der Waals surface area contributed by atoms with Crippen molar-refractivity contribution < 1.29 is 39.0 Å². The van der Waals surface area contributed by atoms with Crippen molar-refractivity contribution in [2.45, 2.75) is 32.6 Å². The van der Waals surface area contributed by atoms with Crippen LogP contribution < -0.4 is 10.6 Å². The molecule has 0 aliphatic rings. The molecule has 0 fully saturated rings. The molecule has 0 unspecified atom stereocenters. The van der Waals surface area contributed by atoms with E-state index in [-0.39, 0.29) is 18.7 Å². The quantitative estimate of drug-likeness (QED) is 0.249. The second-order valence-corrected chi connectivity index (χ2v) is 5.11. The third-order valence-electron chi connectivity index (χ3n) is 3.04. The second kappa shape index (κ2) is 12.6. The molecule has 0 heterocycles. The van der Waals surface area contributed by atoms with Crippen molar-refractivity contribution in [2.75, 3.05) is 6.54 Å². The van der Waals surface area contributed by atoms with E-state index in [1.165, 1.54) is 6.92 Å². The van der Waals surface area contributed by atoms with Crippen molar-refractivity contribution in [1.29, 1.82) is 0 Å². The number of Topliss-reactive ketones (excluding diaryl/α,β-unsaturated/α-hetero) is 1. The highest BCUT2D eigenvalue weighted by Crippen LogP contribution is 2.15. The number of carbonyl (C=O) groups excluding carboxylic acids is 4. The summed E-state index contributed by atoms with van der Waals surface area (Å²) in [4.78, 5) is 59.0. The van der Waals surface area contributed by atoms with Gasteiger partial charge < -0.3 is 19.8 Å². The summed E-state index contributed by atoms with van der Waals surface area (Å²) in [5.41, 5.74) is 2.36. The fourth-order valence-corrected chi connectivity index (χ4v) is 1.80. The van der Waals surface area contributed by atoms with Gasteiger partial charge in [0.15, 0.2) is 5.78 Å². The van der Waals surface area contributed by atoms with Gasteiger partial charge in [0.25, 0.3) is 0 Å². The Bertz CT molecular complexity index is 564. The third kappa shape index (κ3) is 13.3. The molecule has 0 aliphatic heterocycles. The molecule has 1 atom stereocenters. The van der Waals surface area contributed by atoms with Gasteiger partial charge in [-0.3, -0.25) is 9.59 Å². The Morgan fingerprint density at radius 1 is 1.08 bits per heavy atom.